The lowest BCUT2D eigenvalue weighted by atomic mass is 10.2. The zero-order valence-corrected chi connectivity index (χ0v) is 10.9. The number of ether oxygens (including phenoxy) is 1. The third kappa shape index (κ3) is 4.57. The summed E-state index contributed by atoms with van der Waals surface area (Å²) in [6.07, 6.45) is 1.47. The van der Waals surface area contributed by atoms with E-state index in [1.807, 2.05) is 32.0 Å². The minimum absolute atomic E-state index is 0.125. The number of aliphatic imine (C=N–C) groups is 1. The molecule has 0 aromatic heterocycles. The molecule has 0 fully saturated rings. The van der Waals surface area contributed by atoms with Gasteiger partial charge in [0.15, 0.2) is 0 Å². The van der Waals surface area contributed by atoms with Crippen molar-refractivity contribution in [3.63, 3.8) is 0 Å². The maximum atomic E-state index is 11.5. The van der Waals surface area contributed by atoms with Crippen molar-refractivity contribution in [1.29, 1.82) is 0 Å². The third-order valence-corrected chi connectivity index (χ3v) is 2.38. The number of hydrogen-bond donors (Lipinski definition) is 0. The van der Waals surface area contributed by atoms with Gasteiger partial charge in [-0.25, -0.2) is 4.79 Å². The van der Waals surface area contributed by atoms with Crippen LogP contribution < -0.4 is 0 Å². The molecule has 1 aromatic carbocycles. The first-order valence-electron chi connectivity index (χ1n) is 5.49. The van der Waals surface area contributed by atoms with Gasteiger partial charge in [-0.3, -0.25) is 4.99 Å². The smallest absolute Gasteiger partial charge is 0.330 e. The summed E-state index contributed by atoms with van der Waals surface area (Å²) in [5.41, 5.74) is 0.790. The molecule has 1 aromatic rings. The second kappa shape index (κ2) is 6.40. The summed E-state index contributed by atoms with van der Waals surface area (Å²) in [5.74, 6) is -0.330. The SMILES string of the molecule is CC(C)OC(=O)[C@H](C)N=Cc1ccccc1Cl. The van der Waals surface area contributed by atoms with Crippen LogP contribution in [0.5, 0.6) is 0 Å². The normalized spacial score (nSPS) is 13.0. The first-order chi connectivity index (χ1) is 8.00. The van der Waals surface area contributed by atoms with E-state index < -0.39 is 6.04 Å². The first kappa shape index (κ1) is 13.7. The molecule has 0 radical (unpaired) electrons. The Labute approximate surface area is 106 Å². The first-order valence-corrected chi connectivity index (χ1v) is 5.86. The van der Waals surface area contributed by atoms with Crippen molar-refractivity contribution in [3.8, 4) is 0 Å². The molecule has 1 rings (SSSR count). The second-order valence-corrected chi connectivity index (χ2v) is 4.37. The van der Waals surface area contributed by atoms with Crippen molar-refractivity contribution in [3.05, 3.63) is 34.9 Å². The fourth-order valence-corrected chi connectivity index (χ4v) is 1.35. The van der Waals surface area contributed by atoms with E-state index in [1.54, 1.807) is 19.2 Å². The van der Waals surface area contributed by atoms with Crippen molar-refractivity contribution in [2.45, 2.75) is 32.9 Å². The van der Waals surface area contributed by atoms with Crippen LogP contribution in [-0.2, 0) is 9.53 Å². The van der Waals surface area contributed by atoms with Crippen LogP contribution in [0.1, 0.15) is 26.3 Å². The van der Waals surface area contributed by atoms with Gasteiger partial charge in [0.25, 0.3) is 0 Å². The van der Waals surface area contributed by atoms with Gasteiger partial charge in [0.05, 0.1) is 6.10 Å². The average Bonchev–Trinajstić information content (AvgIpc) is 2.26. The second-order valence-electron chi connectivity index (χ2n) is 3.96. The summed E-state index contributed by atoms with van der Waals surface area (Å²) < 4.78 is 5.04. The lowest BCUT2D eigenvalue weighted by Crippen LogP contribution is -2.21. The molecule has 0 amide bonds. The van der Waals surface area contributed by atoms with Crippen molar-refractivity contribution < 1.29 is 9.53 Å². The number of benzene rings is 1. The van der Waals surface area contributed by atoms with Crippen LogP contribution in [0.25, 0.3) is 0 Å². The van der Waals surface area contributed by atoms with E-state index in [9.17, 15) is 4.79 Å². The van der Waals surface area contributed by atoms with E-state index in [0.717, 1.165) is 5.56 Å². The Morgan fingerprint density at radius 3 is 2.59 bits per heavy atom. The molecule has 0 spiro atoms. The molecule has 0 bridgehead atoms. The summed E-state index contributed by atoms with van der Waals surface area (Å²) in [7, 11) is 0. The van der Waals surface area contributed by atoms with E-state index in [2.05, 4.69) is 4.99 Å². The van der Waals surface area contributed by atoms with Crippen molar-refractivity contribution >= 4 is 23.8 Å². The summed E-state index contributed by atoms with van der Waals surface area (Å²) in [5, 5.41) is 0.612. The molecule has 0 aliphatic rings. The van der Waals surface area contributed by atoms with Gasteiger partial charge in [0, 0.05) is 16.8 Å². The minimum Gasteiger partial charge on any atom is -0.461 e. The third-order valence-electron chi connectivity index (χ3n) is 2.04. The van der Waals surface area contributed by atoms with Gasteiger partial charge in [-0.15, -0.1) is 0 Å². The Morgan fingerprint density at radius 1 is 1.35 bits per heavy atom. The molecule has 3 nitrogen and oxygen atoms in total. The average molecular weight is 254 g/mol. The van der Waals surface area contributed by atoms with E-state index in [0.29, 0.717) is 5.02 Å². The largest absolute Gasteiger partial charge is 0.461 e. The van der Waals surface area contributed by atoms with Crippen molar-refractivity contribution in [2.24, 2.45) is 4.99 Å². The number of carbonyl (C=O) groups excluding carboxylic acids is 1. The van der Waals surface area contributed by atoms with Crippen LogP contribution >= 0.6 is 11.6 Å². The highest BCUT2D eigenvalue weighted by molar-refractivity contribution is 6.33. The highest BCUT2D eigenvalue weighted by atomic mass is 35.5. The molecule has 1 atom stereocenters. The highest BCUT2D eigenvalue weighted by Crippen LogP contribution is 2.12. The van der Waals surface area contributed by atoms with Crippen LogP contribution in [0.2, 0.25) is 5.02 Å². The zero-order chi connectivity index (χ0) is 12.8. The maximum Gasteiger partial charge on any atom is 0.330 e. The van der Waals surface area contributed by atoms with Crippen LogP contribution in [0.4, 0.5) is 0 Å². The fraction of sp³-hybridized carbons (Fsp3) is 0.385. The fourth-order valence-electron chi connectivity index (χ4n) is 1.16. The number of rotatable bonds is 4. The molecule has 4 heteroatoms. The topological polar surface area (TPSA) is 38.7 Å². The monoisotopic (exact) mass is 253 g/mol. The van der Waals surface area contributed by atoms with Gasteiger partial charge in [0.1, 0.15) is 6.04 Å². The predicted molar refractivity (Wildman–Crippen MR) is 69.7 cm³/mol. The molecule has 0 saturated heterocycles. The van der Waals surface area contributed by atoms with Crippen LogP contribution in [0.3, 0.4) is 0 Å². The molecule has 17 heavy (non-hydrogen) atoms. The van der Waals surface area contributed by atoms with Gasteiger partial charge < -0.3 is 4.74 Å². The van der Waals surface area contributed by atoms with E-state index in [1.165, 1.54) is 0 Å². The van der Waals surface area contributed by atoms with Crippen molar-refractivity contribution in [1.82, 2.24) is 0 Å². The van der Waals surface area contributed by atoms with Crippen molar-refractivity contribution in [2.75, 3.05) is 0 Å². The summed E-state index contributed by atoms with van der Waals surface area (Å²) in [6.45, 7) is 5.31. The van der Waals surface area contributed by atoms with E-state index in [4.69, 9.17) is 16.3 Å². The quantitative estimate of drug-likeness (QED) is 0.611. The predicted octanol–water partition coefficient (Wildman–Crippen LogP) is 3.10. The molecule has 92 valence electrons. The molecular formula is C13H16ClNO2. The lowest BCUT2D eigenvalue weighted by Gasteiger charge is -2.10. The number of halogens is 1. The summed E-state index contributed by atoms with van der Waals surface area (Å²) in [4.78, 5) is 15.6. The molecule has 0 saturated carbocycles. The van der Waals surface area contributed by atoms with E-state index >= 15 is 0 Å². The molecule has 0 heterocycles. The number of carbonyl (C=O) groups is 1. The molecule has 0 aliphatic carbocycles. The number of nitrogens with zero attached hydrogens (tertiary/aromatic N) is 1. The van der Waals surface area contributed by atoms with Crippen LogP contribution in [0.15, 0.2) is 29.3 Å². The molecule has 0 aliphatic heterocycles. The minimum atomic E-state index is -0.520. The van der Waals surface area contributed by atoms with Crippen LogP contribution in [0, 0.1) is 0 Å². The van der Waals surface area contributed by atoms with Gasteiger partial charge in [-0.05, 0) is 26.8 Å². The van der Waals surface area contributed by atoms with E-state index in [-0.39, 0.29) is 12.1 Å². The molecule has 0 unspecified atom stereocenters. The Kier molecular flexibility index (Phi) is 5.16. The van der Waals surface area contributed by atoms with Gasteiger partial charge >= 0.3 is 5.97 Å². The van der Waals surface area contributed by atoms with Crippen LogP contribution in [-0.4, -0.2) is 24.3 Å². The Hall–Kier alpha value is -1.35. The Bertz CT molecular complexity index is 416. The Balaban J connectivity index is 2.65. The summed E-state index contributed by atoms with van der Waals surface area (Å²) >= 11 is 5.96. The van der Waals surface area contributed by atoms with Gasteiger partial charge in [-0.1, -0.05) is 29.8 Å². The lowest BCUT2D eigenvalue weighted by molar-refractivity contribution is -0.148. The molecule has 0 N–H and O–H groups in total. The van der Waals surface area contributed by atoms with Gasteiger partial charge in [-0.2, -0.15) is 0 Å². The standard InChI is InChI=1S/C13H16ClNO2/c1-9(2)17-13(16)10(3)15-8-11-6-4-5-7-12(11)14/h4-10H,1-3H3/t10-/m0/s1. The molecular weight excluding hydrogens is 238 g/mol. The number of hydrogen-bond acceptors (Lipinski definition) is 3. The van der Waals surface area contributed by atoms with Gasteiger partial charge in [0.2, 0.25) is 0 Å². The summed E-state index contributed by atoms with van der Waals surface area (Å²) in [6, 6.07) is 6.81. The highest BCUT2D eigenvalue weighted by Gasteiger charge is 2.13. The Morgan fingerprint density at radius 2 is 2.00 bits per heavy atom. The zero-order valence-electron chi connectivity index (χ0n) is 10.2. The maximum absolute atomic E-state index is 11.5. The number of esters is 1.